The van der Waals surface area contributed by atoms with Crippen LogP contribution in [0.3, 0.4) is 0 Å². The molecule has 1 fully saturated rings. The summed E-state index contributed by atoms with van der Waals surface area (Å²) in [5.41, 5.74) is 0.374. The Kier molecular flexibility index (Phi) is 2.73. The molecule has 0 spiro atoms. The van der Waals surface area contributed by atoms with E-state index in [1.807, 2.05) is 6.20 Å². The molecule has 0 bridgehead atoms. The number of aromatic nitrogens is 1. The average molecular weight is 240 g/mol. The van der Waals surface area contributed by atoms with E-state index in [1.54, 1.807) is 0 Å². The first kappa shape index (κ1) is 11.5. The zero-order valence-electron chi connectivity index (χ0n) is 11.1. The average Bonchev–Trinajstić information content (AvgIpc) is 2.69. The predicted octanol–water partition coefficient (Wildman–Crippen LogP) is 4.23. The minimum Gasteiger partial charge on any atom is -0.366 e. The first-order valence-electron chi connectivity index (χ1n) is 6.77. The molecule has 1 atom stereocenters. The highest BCUT2D eigenvalue weighted by Crippen LogP contribution is 2.39. The van der Waals surface area contributed by atoms with Crippen molar-refractivity contribution < 1.29 is 0 Å². The van der Waals surface area contributed by atoms with Gasteiger partial charge in [0.25, 0.3) is 0 Å². The van der Waals surface area contributed by atoms with Crippen molar-refractivity contribution in [2.75, 3.05) is 5.32 Å². The molecule has 1 aromatic carbocycles. The van der Waals surface area contributed by atoms with Gasteiger partial charge in [-0.05, 0) is 29.7 Å². The molecule has 2 nitrogen and oxygen atoms in total. The number of rotatable bonds is 2. The number of hydrogen-bond donors (Lipinski definition) is 1. The molecule has 3 rings (SSSR count). The van der Waals surface area contributed by atoms with Crippen molar-refractivity contribution in [3.63, 3.8) is 0 Å². The summed E-state index contributed by atoms with van der Waals surface area (Å²) in [6.45, 7) is 4.70. The Bertz CT molecular complexity index is 555. The molecule has 1 aliphatic rings. The van der Waals surface area contributed by atoms with Gasteiger partial charge in [0.05, 0.1) is 0 Å². The number of anilines is 1. The van der Waals surface area contributed by atoms with Gasteiger partial charge in [-0.3, -0.25) is 0 Å². The number of nitrogens with zero attached hydrogens (tertiary/aromatic N) is 1. The number of pyridine rings is 1. The minimum atomic E-state index is 0.374. The summed E-state index contributed by atoms with van der Waals surface area (Å²) >= 11 is 0. The minimum absolute atomic E-state index is 0.374. The van der Waals surface area contributed by atoms with E-state index in [4.69, 9.17) is 0 Å². The summed E-state index contributed by atoms with van der Waals surface area (Å²) in [4.78, 5) is 4.52. The van der Waals surface area contributed by atoms with E-state index in [2.05, 4.69) is 54.5 Å². The topological polar surface area (TPSA) is 24.9 Å². The van der Waals surface area contributed by atoms with Crippen molar-refractivity contribution in [2.45, 2.75) is 39.2 Å². The fourth-order valence-electron chi connectivity index (χ4n) is 2.99. The maximum atomic E-state index is 4.52. The van der Waals surface area contributed by atoms with E-state index in [-0.39, 0.29) is 0 Å². The SMILES string of the molecule is CC1(C)CCCC1Nc1nccc2ccccc12. The molecule has 0 radical (unpaired) electrons. The zero-order chi connectivity index (χ0) is 12.6. The van der Waals surface area contributed by atoms with Crippen LogP contribution in [0.2, 0.25) is 0 Å². The number of hydrogen-bond acceptors (Lipinski definition) is 2. The van der Waals surface area contributed by atoms with Crippen LogP contribution in [0.25, 0.3) is 10.8 Å². The molecule has 18 heavy (non-hydrogen) atoms. The van der Waals surface area contributed by atoms with Crippen molar-refractivity contribution in [3.05, 3.63) is 36.5 Å². The molecular weight excluding hydrogens is 220 g/mol. The third-order valence-electron chi connectivity index (χ3n) is 4.24. The fourth-order valence-corrected chi connectivity index (χ4v) is 2.99. The lowest BCUT2D eigenvalue weighted by atomic mass is 9.87. The molecule has 0 aliphatic heterocycles. The summed E-state index contributed by atoms with van der Waals surface area (Å²) < 4.78 is 0. The van der Waals surface area contributed by atoms with Crippen molar-refractivity contribution in [3.8, 4) is 0 Å². The highest BCUT2D eigenvalue weighted by atomic mass is 15.0. The van der Waals surface area contributed by atoms with Crippen LogP contribution in [0.15, 0.2) is 36.5 Å². The predicted molar refractivity (Wildman–Crippen MR) is 76.8 cm³/mol. The monoisotopic (exact) mass is 240 g/mol. The van der Waals surface area contributed by atoms with Crippen LogP contribution in [-0.2, 0) is 0 Å². The van der Waals surface area contributed by atoms with Gasteiger partial charge in [0.15, 0.2) is 0 Å². The lowest BCUT2D eigenvalue weighted by molar-refractivity contribution is 0.349. The van der Waals surface area contributed by atoms with Crippen molar-refractivity contribution in [1.82, 2.24) is 4.98 Å². The second-order valence-electron chi connectivity index (χ2n) is 5.96. The van der Waals surface area contributed by atoms with Crippen LogP contribution in [0.4, 0.5) is 5.82 Å². The Balaban J connectivity index is 1.95. The van der Waals surface area contributed by atoms with Gasteiger partial charge in [0.2, 0.25) is 0 Å². The van der Waals surface area contributed by atoms with E-state index < -0.39 is 0 Å². The Morgan fingerprint density at radius 1 is 1.22 bits per heavy atom. The molecule has 1 saturated carbocycles. The summed E-state index contributed by atoms with van der Waals surface area (Å²) in [7, 11) is 0. The molecule has 94 valence electrons. The molecular formula is C16H20N2. The van der Waals surface area contributed by atoms with Crippen LogP contribution in [0, 0.1) is 5.41 Å². The van der Waals surface area contributed by atoms with Gasteiger partial charge in [-0.15, -0.1) is 0 Å². The van der Waals surface area contributed by atoms with Gasteiger partial charge in [0, 0.05) is 17.6 Å². The van der Waals surface area contributed by atoms with E-state index in [0.29, 0.717) is 11.5 Å². The van der Waals surface area contributed by atoms with Gasteiger partial charge < -0.3 is 5.32 Å². The summed E-state index contributed by atoms with van der Waals surface area (Å²) in [6, 6.07) is 11.0. The summed E-state index contributed by atoms with van der Waals surface area (Å²) in [5.74, 6) is 1.04. The highest BCUT2D eigenvalue weighted by molar-refractivity contribution is 5.91. The normalized spacial score (nSPS) is 22.2. The van der Waals surface area contributed by atoms with E-state index in [9.17, 15) is 0 Å². The van der Waals surface area contributed by atoms with Crippen LogP contribution in [0.1, 0.15) is 33.1 Å². The maximum absolute atomic E-state index is 4.52. The third kappa shape index (κ3) is 1.96. The largest absolute Gasteiger partial charge is 0.366 e. The molecule has 2 aromatic rings. The van der Waals surface area contributed by atoms with Gasteiger partial charge in [-0.2, -0.15) is 0 Å². The number of fused-ring (bicyclic) bond motifs is 1. The van der Waals surface area contributed by atoms with Crippen molar-refractivity contribution >= 4 is 16.6 Å². The molecule has 1 heterocycles. The lowest BCUT2D eigenvalue weighted by Crippen LogP contribution is -2.31. The molecule has 1 N–H and O–H groups in total. The van der Waals surface area contributed by atoms with Crippen LogP contribution in [0.5, 0.6) is 0 Å². The van der Waals surface area contributed by atoms with Gasteiger partial charge in [-0.1, -0.05) is 44.5 Å². The van der Waals surface area contributed by atoms with Crippen molar-refractivity contribution in [1.29, 1.82) is 0 Å². The third-order valence-corrected chi connectivity index (χ3v) is 4.24. The molecule has 1 aliphatic carbocycles. The second kappa shape index (κ2) is 4.27. The molecule has 1 aromatic heterocycles. The smallest absolute Gasteiger partial charge is 0.134 e. The Morgan fingerprint density at radius 3 is 2.83 bits per heavy atom. The molecule has 2 heteroatoms. The molecule has 0 saturated heterocycles. The molecule has 1 unspecified atom stereocenters. The van der Waals surface area contributed by atoms with Crippen molar-refractivity contribution in [2.24, 2.45) is 5.41 Å². The first-order chi connectivity index (χ1) is 8.67. The van der Waals surface area contributed by atoms with E-state index >= 15 is 0 Å². The standard InChI is InChI=1S/C16H20N2/c1-16(2)10-5-8-14(16)18-15-13-7-4-3-6-12(13)9-11-17-15/h3-4,6-7,9,11,14H,5,8,10H2,1-2H3,(H,17,18). The quantitative estimate of drug-likeness (QED) is 0.850. The van der Waals surface area contributed by atoms with E-state index in [1.165, 1.54) is 30.0 Å². The van der Waals surface area contributed by atoms with Gasteiger partial charge in [0.1, 0.15) is 5.82 Å². The molecule has 0 amide bonds. The van der Waals surface area contributed by atoms with Crippen LogP contribution in [-0.4, -0.2) is 11.0 Å². The Labute approximate surface area is 108 Å². The van der Waals surface area contributed by atoms with E-state index in [0.717, 1.165) is 5.82 Å². The highest BCUT2D eigenvalue weighted by Gasteiger charge is 2.34. The Morgan fingerprint density at radius 2 is 2.06 bits per heavy atom. The summed E-state index contributed by atoms with van der Waals surface area (Å²) in [5, 5.41) is 6.14. The second-order valence-corrected chi connectivity index (χ2v) is 5.96. The Hall–Kier alpha value is -1.57. The van der Waals surface area contributed by atoms with Gasteiger partial charge in [-0.25, -0.2) is 4.98 Å². The number of benzene rings is 1. The first-order valence-corrected chi connectivity index (χ1v) is 6.77. The lowest BCUT2D eigenvalue weighted by Gasteiger charge is -2.28. The maximum Gasteiger partial charge on any atom is 0.134 e. The summed E-state index contributed by atoms with van der Waals surface area (Å²) in [6.07, 6.45) is 5.76. The number of nitrogens with one attached hydrogen (secondary N) is 1. The fraction of sp³-hybridized carbons (Fsp3) is 0.438. The van der Waals surface area contributed by atoms with Crippen LogP contribution < -0.4 is 5.32 Å². The van der Waals surface area contributed by atoms with Crippen LogP contribution >= 0.6 is 0 Å². The zero-order valence-corrected chi connectivity index (χ0v) is 11.1. The van der Waals surface area contributed by atoms with Gasteiger partial charge >= 0.3 is 0 Å².